The van der Waals surface area contributed by atoms with Crippen molar-refractivity contribution in [2.24, 2.45) is 0 Å². The molecule has 0 aliphatic carbocycles. The van der Waals surface area contributed by atoms with Crippen LogP contribution in [0, 0.1) is 13.8 Å². The molecule has 3 rings (SSSR count). The molecule has 0 radical (unpaired) electrons. The summed E-state index contributed by atoms with van der Waals surface area (Å²) in [6.45, 7) is 4.02. The zero-order valence-electron chi connectivity index (χ0n) is 12.9. The highest BCUT2D eigenvalue weighted by molar-refractivity contribution is 7.98. The fourth-order valence-electron chi connectivity index (χ4n) is 2.61. The maximum atomic E-state index is 12.9. The molecule has 0 fully saturated rings. The minimum Gasteiger partial charge on any atom is -0.288 e. The summed E-state index contributed by atoms with van der Waals surface area (Å²) in [5.41, 5.74) is 4.51. The van der Waals surface area contributed by atoms with E-state index in [2.05, 4.69) is 4.98 Å². The average molecular weight is 307 g/mol. The zero-order chi connectivity index (χ0) is 15.7. The Morgan fingerprint density at radius 1 is 1.00 bits per heavy atom. The number of aromatic nitrogens is 1. The first kappa shape index (κ1) is 14.8. The van der Waals surface area contributed by atoms with E-state index in [0.717, 1.165) is 32.6 Å². The number of rotatable bonds is 3. The van der Waals surface area contributed by atoms with Crippen LogP contribution in [0.1, 0.15) is 27.0 Å². The molecule has 0 aliphatic rings. The van der Waals surface area contributed by atoms with E-state index in [1.807, 2.05) is 68.6 Å². The molecule has 2 nitrogen and oxygen atoms in total. The van der Waals surface area contributed by atoms with Gasteiger partial charge in [0.05, 0.1) is 11.1 Å². The number of ketones is 1. The fraction of sp³-hybridized carbons (Fsp3) is 0.158. The van der Waals surface area contributed by atoms with Crippen molar-refractivity contribution in [2.75, 3.05) is 6.26 Å². The Bertz CT molecular complexity index is 853. The van der Waals surface area contributed by atoms with Gasteiger partial charge in [0.25, 0.3) is 0 Å². The minimum atomic E-state index is 0.0418. The number of para-hydroxylation sites is 1. The molecule has 0 saturated heterocycles. The quantitative estimate of drug-likeness (QED) is 0.514. The summed E-state index contributed by atoms with van der Waals surface area (Å²) in [4.78, 5) is 17.6. The molecule has 22 heavy (non-hydrogen) atoms. The van der Waals surface area contributed by atoms with E-state index >= 15 is 0 Å². The Morgan fingerprint density at radius 2 is 1.68 bits per heavy atom. The standard InChI is InChI=1S/C19H17NOS/c1-12-8-10-14(11-9-12)18(21)17-13(2)15-6-4-5-7-16(15)20-19(17)22-3/h4-11H,1-3H3. The molecule has 0 aliphatic heterocycles. The van der Waals surface area contributed by atoms with Gasteiger partial charge in [-0.25, -0.2) is 4.98 Å². The lowest BCUT2D eigenvalue weighted by Gasteiger charge is -2.12. The van der Waals surface area contributed by atoms with Crippen LogP contribution < -0.4 is 0 Å². The number of pyridine rings is 1. The predicted molar refractivity (Wildman–Crippen MR) is 92.9 cm³/mol. The van der Waals surface area contributed by atoms with Crippen LogP contribution in [0.2, 0.25) is 0 Å². The lowest BCUT2D eigenvalue weighted by molar-refractivity contribution is 0.103. The first-order valence-corrected chi connectivity index (χ1v) is 8.39. The highest BCUT2D eigenvalue weighted by Gasteiger charge is 2.19. The molecule has 0 atom stereocenters. The summed E-state index contributed by atoms with van der Waals surface area (Å²) in [6, 6.07) is 15.7. The van der Waals surface area contributed by atoms with Gasteiger partial charge in [0.15, 0.2) is 5.78 Å². The third-order valence-electron chi connectivity index (χ3n) is 3.85. The Labute approximate surface area is 134 Å². The van der Waals surface area contributed by atoms with Crippen LogP contribution in [0.3, 0.4) is 0 Å². The van der Waals surface area contributed by atoms with Gasteiger partial charge in [0.2, 0.25) is 0 Å². The van der Waals surface area contributed by atoms with Gasteiger partial charge in [0.1, 0.15) is 5.03 Å². The largest absolute Gasteiger partial charge is 0.288 e. The van der Waals surface area contributed by atoms with E-state index in [1.165, 1.54) is 11.8 Å². The lowest BCUT2D eigenvalue weighted by atomic mass is 9.97. The first-order chi connectivity index (χ1) is 10.6. The summed E-state index contributed by atoms with van der Waals surface area (Å²) < 4.78 is 0. The summed E-state index contributed by atoms with van der Waals surface area (Å²) in [6.07, 6.45) is 1.96. The maximum Gasteiger partial charge on any atom is 0.196 e. The van der Waals surface area contributed by atoms with Crippen molar-refractivity contribution in [1.29, 1.82) is 0 Å². The molecule has 0 spiro atoms. The second kappa shape index (κ2) is 5.93. The van der Waals surface area contributed by atoms with Gasteiger partial charge in [-0.1, -0.05) is 48.0 Å². The molecule has 1 aromatic heterocycles. The zero-order valence-corrected chi connectivity index (χ0v) is 13.7. The maximum absolute atomic E-state index is 12.9. The van der Waals surface area contributed by atoms with Crippen molar-refractivity contribution < 1.29 is 4.79 Å². The van der Waals surface area contributed by atoms with Gasteiger partial charge in [-0.3, -0.25) is 4.79 Å². The van der Waals surface area contributed by atoms with E-state index in [9.17, 15) is 4.79 Å². The minimum absolute atomic E-state index is 0.0418. The van der Waals surface area contributed by atoms with Crippen molar-refractivity contribution in [3.8, 4) is 0 Å². The fourth-order valence-corrected chi connectivity index (χ4v) is 3.25. The number of nitrogens with zero attached hydrogens (tertiary/aromatic N) is 1. The molecular weight excluding hydrogens is 290 g/mol. The number of thioether (sulfide) groups is 1. The average Bonchev–Trinajstić information content (AvgIpc) is 2.55. The number of hydrogen-bond donors (Lipinski definition) is 0. The number of benzene rings is 2. The number of carbonyl (C=O) groups is 1. The Balaban J connectivity index is 2.22. The Morgan fingerprint density at radius 3 is 2.36 bits per heavy atom. The highest BCUT2D eigenvalue weighted by Crippen LogP contribution is 2.29. The van der Waals surface area contributed by atoms with Crippen LogP contribution in [0.4, 0.5) is 0 Å². The van der Waals surface area contributed by atoms with Crippen molar-refractivity contribution in [2.45, 2.75) is 18.9 Å². The highest BCUT2D eigenvalue weighted by atomic mass is 32.2. The third kappa shape index (κ3) is 2.53. The second-order valence-corrected chi connectivity index (χ2v) is 6.13. The number of hydrogen-bond acceptors (Lipinski definition) is 3. The third-order valence-corrected chi connectivity index (χ3v) is 4.54. The van der Waals surface area contributed by atoms with Gasteiger partial charge < -0.3 is 0 Å². The topological polar surface area (TPSA) is 30.0 Å². The lowest BCUT2D eigenvalue weighted by Crippen LogP contribution is -2.08. The van der Waals surface area contributed by atoms with Gasteiger partial charge >= 0.3 is 0 Å². The van der Waals surface area contributed by atoms with Crippen molar-refractivity contribution in [1.82, 2.24) is 4.98 Å². The predicted octanol–water partition coefficient (Wildman–Crippen LogP) is 4.80. The Kier molecular flexibility index (Phi) is 3.99. The van der Waals surface area contributed by atoms with Crippen LogP contribution in [-0.4, -0.2) is 17.0 Å². The van der Waals surface area contributed by atoms with Crippen molar-refractivity contribution in [3.63, 3.8) is 0 Å². The van der Waals surface area contributed by atoms with Crippen LogP contribution >= 0.6 is 11.8 Å². The summed E-state index contributed by atoms with van der Waals surface area (Å²) in [5, 5.41) is 1.83. The van der Waals surface area contributed by atoms with Gasteiger partial charge in [-0.05, 0) is 31.7 Å². The molecule has 0 unspecified atom stereocenters. The van der Waals surface area contributed by atoms with E-state index in [1.54, 1.807) is 0 Å². The van der Waals surface area contributed by atoms with Crippen molar-refractivity contribution in [3.05, 3.63) is 70.8 Å². The summed E-state index contributed by atoms with van der Waals surface area (Å²) in [5.74, 6) is 0.0418. The SMILES string of the molecule is CSc1nc2ccccc2c(C)c1C(=O)c1ccc(C)cc1. The smallest absolute Gasteiger partial charge is 0.196 e. The molecule has 0 saturated carbocycles. The molecule has 110 valence electrons. The molecule has 3 heteroatoms. The van der Waals surface area contributed by atoms with Crippen molar-refractivity contribution >= 4 is 28.4 Å². The van der Waals surface area contributed by atoms with Crippen LogP contribution in [-0.2, 0) is 0 Å². The molecule has 2 aromatic carbocycles. The van der Waals surface area contributed by atoms with E-state index in [4.69, 9.17) is 0 Å². The molecule has 0 bridgehead atoms. The molecule has 0 N–H and O–H groups in total. The molecule has 0 amide bonds. The number of fused-ring (bicyclic) bond motifs is 1. The normalized spacial score (nSPS) is 10.9. The molecule has 1 heterocycles. The number of carbonyl (C=O) groups excluding carboxylic acids is 1. The second-order valence-electron chi connectivity index (χ2n) is 5.33. The first-order valence-electron chi connectivity index (χ1n) is 7.16. The van der Waals surface area contributed by atoms with Gasteiger partial charge in [-0.2, -0.15) is 0 Å². The van der Waals surface area contributed by atoms with Crippen LogP contribution in [0.25, 0.3) is 10.9 Å². The Hall–Kier alpha value is -2.13. The van der Waals surface area contributed by atoms with Crippen LogP contribution in [0.5, 0.6) is 0 Å². The van der Waals surface area contributed by atoms with E-state index in [0.29, 0.717) is 5.56 Å². The molecular formula is C19H17NOS. The van der Waals surface area contributed by atoms with E-state index in [-0.39, 0.29) is 5.78 Å². The summed E-state index contributed by atoms with van der Waals surface area (Å²) >= 11 is 1.52. The summed E-state index contributed by atoms with van der Waals surface area (Å²) in [7, 11) is 0. The molecule has 3 aromatic rings. The monoisotopic (exact) mass is 307 g/mol. The van der Waals surface area contributed by atoms with Gasteiger partial charge in [-0.15, -0.1) is 11.8 Å². The van der Waals surface area contributed by atoms with Crippen LogP contribution in [0.15, 0.2) is 53.6 Å². The van der Waals surface area contributed by atoms with E-state index < -0.39 is 0 Å². The number of aryl methyl sites for hydroxylation is 2. The van der Waals surface area contributed by atoms with Gasteiger partial charge in [0, 0.05) is 10.9 Å².